The molecule has 0 spiro atoms. The lowest BCUT2D eigenvalue weighted by atomic mass is 10.1. The highest BCUT2D eigenvalue weighted by Gasteiger charge is 2.14. The first kappa shape index (κ1) is 19.6. The number of para-hydroxylation sites is 1. The van der Waals surface area contributed by atoms with Crippen LogP contribution in [0.1, 0.15) is 18.9 Å². The minimum absolute atomic E-state index is 0.114. The van der Waals surface area contributed by atoms with Crippen LogP contribution in [-0.2, 0) is 11.2 Å². The minimum atomic E-state index is -0.199. The largest absolute Gasteiger partial charge is 0.354 e. The van der Waals surface area contributed by atoms with Gasteiger partial charge < -0.3 is 5.32 Å². The van der Waals surface area contributed by atoms with E-state index < -0.39 is 0 Å². The van der Waals surface area contributed by atoms with Gasteiger partial charge in [0.25, 0.3) is 5.56 Å². The van der Waals surface area contributed by atoms with Gasteiger partial charge in [0.2, 0.25) is 5.91 Å². The van der Waals surface area contributed by atoms with E-state index in [9.17, 15) is 9.59 Å². The summed E-state index contributed by atoms with van der Waals surface area (Å²) in [5.41, 5.74) is 2.33. The molecule has 1 N–H and O–H groups in total. The lowest BCUT2D eigenvalue weighted by Crippen LogP contribution is -2.27. The molecule has 3 aromatic rings. The van der Waals surface area contributed by atoms with E-state index in [4.69, 9.17) is 5.26 Å². The summed E-state index contributed by atoms with van der Waals surface area (Å²) in [4.78, 5) is 29.8. The summed E-state index contributed by atoms with van der Waals surface area (Å²) in [5, 5.41) is 12.2. The summed E-state index contributed by atoms with van der Waals surface area (Å²) in [6.07, 6.45) is 1.18. The molecule has 0 radical (unpaired) electrons. The third kappa shape index (κ3) is 4.41. The van der Waals surface area contributed by atoms with Crippen LogP contribution in [0.2, 0.25) is 0 Å². The molecule has 0 atom stereocenters. The first-order valence-corrected chi connectivity index (χ1v) is 10.00. The number of nitrogens with zero attached hydrogens (tertiary/aromatic N) is 3. The highest BCUT2D eigenvalue weighted by molar-refractivity contribution is 7.99. The molecule has 1 aromatic heterocycles. The Morgan fingerprint density at radius 2 is 1.96 bits per heavy atom. The topological polar surface area (TPSA) is 87.8 Å². The molecule has 0 unspecified atom stereocenters. The van der Waals surface area contributed by atoms with Crippen LogP contribution in [-0.4, -0.2) is 27.8 Å². The fraction of sp³-hybridized carbons (Fsp3) is 0.238. The van der Waals surface area contributed by atoms with Gasteiger partial charge in [-0.15, -0.1) is 0 Å². The van der Waals surface area contributed by atoms with E-state index >= 15 is 0 Å². The fourth-order valence-corrected chi connectivity index (χ4v) is 3.60. The molecule has 0 aliphatic heterocycles. The second-order valence-electron chi connectivity index (χ2n) is 6.12. The molecule has 142 valence electrons. The molecular weight excluding hydrogens is 372 g/mol. The summed E-state index contributed by atoms with van der Waals surface area (Å²) in [6, 6.07) is 16.9. The number of hydrogen-bond acceptors (Lipinski definition) is 5. The van der Waals surface area contributed by atoms with Crippen LogP contribution in [0.4, 0.5) is 0 Å². The Morgan fingerprint density at radius 3 is 2.68 bits per heavy atom. The van der Waals surface area contributed by atoms with E-state index in [1.807, 2.05) is 42.5 Å². The number of carbonyl (C=O) groups is 1. The van der Waals surface area contributed by atoms with Gasteiger partial charge in [0.1, 0.15) is 0 Å². The van der Waals surface area contributed by atoms with Crippen molar-refractivity contribution in [1.29, 1.82) is 5.26 Å². The Hall–Kier alpha value is -3.11. The van der Waals surface area contributed by atoms with Crippen molar-refractivity contribution in [2.75, 3.05) is 12.3 Å². The lowest BCUT2D eigenvalue weighted by molar-refractivity contribution is -0.118. The minimum Gasteiger partial charge on any atom is -0.354 e. The molecule has 0 fully saturated rings. The van der Waals surface area contributed by atoms with Crippen molar-refractivity contribution in [2.45, 2.75) is 24.9 Å². The monoisotopic (exact) mass is 392 g/mol. The van der Waals surface area contributed by atoms with Crippen LogP contribution in [0, 0.1) is 11.3 Å². The molecular formula is C21H20N4O2S. The number of aromatic nitrogens is 2. The van der Waals surface area contributed by atoms with Gasteiger partial charge in [-0.05, 0) is 36.2 Å². The maximum Gasteiger partial charge on any atom is 0.266 e. The molecule has 0 bridgehead atoms. The quantitative estimate of drug-likeness (QED) is 0.379. The first-order chi connectivity index (χ1) is 13.6. The molecule has 3 rings (SSSR count). The normalized spacial score (nSPS) is 10.6. The molecule has 0 aliphatic rings. The van der Waals surface area contributed by atoms with E-state index in [0.717, 1.165) is 6.42 Å². The van der Waals surface area contributed by atoms with E-state index in [1.165, 1.54) is 17.3 Å². The Labute approximate surface area is 167 Å². The number of nitrogens with one attached hydrogen (secondary N) is 1. The Kier molecular flexibility index (Phi) is 6.45. The van der Waals surface area contributed by atoms with Gasteiger partial charge >= 0.3 is 0 Å². The average molecular weight is 392 g/mol. The number of aryl methyl sites for hydroxylation is 1. The number of hydrogen-bond donors (Lipinski definition) is 1. The molecule has 0 saturated heterocycles. The number of rotatable bonds is 7. The zero-order chi connectivity index (χ0) is 19.9. The Bertz CT molecular complexity index is 1080. The molecule has 1 heterocycles. The SMILES string of the molecule is CCc1ccc(-n2c(SCC(=O)NCCC#N)nc3ccccc3c2=O)cc1. The Morgan fingerprint density at radius 1 is 1.21 bits per heavy atom. The van der Waals surface area contributed by atoms with Crippen LogP contribution in [0.25, 0.3) is 16.6 Å². The van der Waals surface area contributed by atoms with Gasteiger partial charge in [0.15, 0.2) is 5.16 Å². The number of amides is 1. The van der Waals surface area contributed by atoms with Crippen LogP contribution in [0.3, 0.4) is 0 Å². The molecule has 2 aromatic carbocycles. The van der Waals surface area contributed by atoms with Gasteiger partial charge in [-0.2, -0.15) is 5.26 Å². The predicted molar refractivity (Wildman–Crippen MR) is 111 cm³/mol. The molecule has 6 nitrogen and oxygen atoms in total. The van der Waals surface area contributed by atoms with Crippen molar-refractivity contribution < 1.29 is 4.79 Å². The fourth-order valence-electron chi connectivity index (χ4n) is 2.76. The standard InChI is InChI=1S/C21H20N4O2S/c1-2-15-8-10-16(11-9-15)25-20(27)17-6-3-4-7-18(17)24-21(25)28-14-19(26)23-13-5-12-22/h3-4,6-11H,2,5,13-14H2,1H3,(H,23,26). The van der Waals surface area contributed by atoms with Gasteiger partial charge in [0, 0.05) is 6.54 Å². The van der Waals surface area contributed by atoms with Crippen molar-refractivity contribution in [2.24, 2.45) is 0 Å². The zero-order valence-electron chi connectivity index (χ0n) is 15.5. The zero-order valence-corrected chi connectivity index (χ0v) is 16.3. The van der Waals surface area contributed by atoms with Crippen LogP contribution >= 0.6 is 11.8 Å². The average Bonchev–Trinajstić information content (AvgIpc) is 2.73. The van der Waals surface area contributed by atoms with E-state index in [1.54, 1.807) is 16.7 Å². The number of nitriles is 1. The maximum atomic E-state index is 13.1. The highest BCUT2D eigenvalue weighted by atomic mass is 32.2. The first-order valence-electron chi connectivity index (χ1n) is 9.01. The lowest BCUT2D eigenvalue weighted by Gasteiger charge is -2.13. The third-order valence-corrected chi connectivity index (χ3v) is 5.18. The third-order valence-electron chi connectivity index (χ3n) is 4.24. The number of fused-ring (bicyclic) bond motifs is 1. The van der Waals surface area contributed by atoms with Crippen molar-refractivity contribution in [1.82, 2.24) is 14.9 Å². The molecule has 28 heavy (non-hydrogen) atoms. The smallest absolute Gasteiger partial charge is 0.266 e. The van der Waals surface area contributed by atoms with Gasteiger partial charge in [-0.3, -0.25) is 14.2 Å². The second-order valence-corrected chi connectivity index (χ2v) is 7.06. The van der Waals surface area contributed by atoms with E-state index in [0.29, 0.717) is 28.3 Å². The van der Waals surface area contributed by atoms with Crippen molar-refractivity contribution in [3.63, 3.8) is 0 Å². The van der Waals surface area contributed by atoms with Gasteiger partial charge in [-0.1, -0.05) is 43.0 Å². The number of thioether (sulfide) groups is 1. The van der Waals surface area contributed by atoms with Crippen molar-refractivity contribution >= 4 is 28.6 Å². The number of carbonyl (C=O) groups excluding carboxylic acids is 1. The summed E-state index contributed by atoms with van der Waals surface area (Å²) in [7, 11) is 0. The summed E-state index contributed by atoms with van der Waals surface area (Å²) in [6.45, 7) is 2.39. The Balaban J connectivity index is 1.98. The summed E-state index contributed by atoms with van der Waals surface area (Å²) in [5.74, 6) is -0.0842. The van der Waals surface area contributed by atoms with Crippen molar-refractivity contribution in [3.05, 3.63) is 64.4 Å². The summed E-state index contributed by atoms with van der Waals surface area (Å²) >= 11 is 1.20. The van der Waals surface area contributed by atoms with Crippen LogP contribution in [0.5, 0.6) is 0 Å². The van der Waals surface area contributed by atoms with E-state index in [2.05, 4.69) is 17.2 Å². The molecule has 1 amide bonds. The predicted octanol–water partition coefficient (Wildman–Crippen LogP) is 3.07. The van der Waals surface area contributed by atoms with E-state index in [-0.39, 0.29) is 23.6 Å². The molecule has 0 aliphatic carbocycles. The van der Waals surface area contributed by atoms with Gasteiger partial charge in [-0.25, -0.2) is 4.98 Å². The van der Waals surface area contributed by atoms with Crippen LogP contribution in [0.15, 0.2) is 58.5 Å². The highest BCUT2D eigenvalue weighted by Crippen LogP contribution is 2.21. The summed E-state index contributed by atoms with van der Waals surface area (Å²) < 4.78 is 1.55. The molecule has 0 saturated carbocycles. The molecule has 7 heteroatoms. The maximum absolute atomic E-state index is 13.1. The second kappa shape index (κ2) is 9.20. The van der Waals surface area contributed by atoms with Crippen molar-refractivity contribution in [3.8, 4) is 11.8 Å². The number of benzene rings is 2. The van der Waals surface area contributed by atoms with Crippen LogP contribution < -0.4 is 10.9 Å². The van der Waals surface area contributed by atoms with Gasteiger partial charge in [0.05, 0.1) is 34.8 Å².